The van der Waals surface area contributed by atoms with Crippen LogP contribution in [0.3, 0.4) is 0 Å². The number of thiophene rings is 1. The van der Waals surface area contributed by atoms with Crippen molar-refractivity contribution in [3.8, 4) is 0 Å². The summed E-state index contributed by atoms with van der Waals surface area (Å²) >= 11 is 7.55. The third kappa shape index (κ3) is 2.93. The van der Waals surface area contributed by atoms with Crippen LogP contribution in [0, 0.1) is 0 Å². The molecule has 0 fully saturated rings. The van der Waals surface area contributed by atoms with E-state index in [1.807, 2.05) is 11.3 Å². The summed E-state index contributed by atoms with van der Waals surface area (Å²) in [6.07, 6.45) is 4.27. The lowest BCUT2D eigenvalue weighted by atomic mass is 10.3. The number of aryl methyl sites for hydroxylation is 1. The zero-order chi connectivity index (χ0) is 11.4. The Kier molecular flexibility index (Phi) is 3.74. The number of nitrogens with zero attached hydrogens (tertiary/aromatic N) is 2. The molecule has 0 radical (unpaired) electrons. The average Bonchev–Trinajstić information content (AvgIpc) is 2.74. The lowest BCUT2D eigenvalue weighted by molar-refractivity contribution is 1.11. The highest BCUT2D eigenvalue weighted by molar-refractivity contribution is 7.12. The van der Waals surface area contributed by atoms with Gasteiger partial charge in [0.2, 0.25) is 0 Å². The maximum Gasteiger partial charge on any atom is 0.149 e. The second-order valence-electron chi connectivity index (χ2n) is 3.30. The Morgan fingerprint density at radius 2 is 2.12 bits per heavy atom. The van der Waals surface area contributed by atoms with Gasteiger partial charge in [-0.05, 0) is 18.6 Å². The summed E-state index contributed by atoms with van der Waals surface area (Å²) in [5.74, 6) is 0.707. The lowest BCUT2D eigenvalue weighted by Crippen LogP contribution is -2.00. The van der Waals surface area contributed by atoms with Crippen LogP contribution in [-0.4, -0.2) is 9.97 Å². The van der Waals surface area contributed by atoms with E-state index in [1.165, 1.54) is 16.0 Å². The molecule has 5 heteroatoms. The van der Waals surface area contributed by atoms with Gasteiger partial charge in [-0.2, -0.15) is 0 Å². The molecular formula is C11H12ClN3S. The van der Waals surface area contributed by atoms with Crippen molar-refractivity contribution < 1.29 is 0 Å². The first kappa shape index (κ1) is 11.4. The van der Waals surface area contributed by atoms with Gasteiger partial charge in [-0.15, -0.1) is 11.3 Å². The van der Waals surface area contributed by atoms with Crippen LogP contribution in [0.2, 0.25) is 5.15 Å². The van der Waals surface area contributed by atoms with Crippen LogP contribution in [0.15, 0.2) is 24.5 Å². The minimum atomic E-state index is 0.408. The normalized spacial score (nSPS) is 10.4. The number of hydrogen-bond donors (Lipinski definition) is 1. The highest BCUT2D eigenvalue weighted by Gasteiger charge is 2.00. The number of nitrogens with one attached hydrogen (secondary N) is 1. The molecule has 0 saturated carbocycles. The van der Waals surface area contributed by atoms with Crippen molar-refractivity contribution >= 4 is 28.8 Å². The maximum absolute atomic E-state index is 5.74. The lowest BCUT2D eigenvalue weighted by Gasteiger charge is -2.02. The molecule has 0 unspecified atom stereocenters. The van der Waals surface area contributed by atoms with E-state index in [0.717, 1.165) is 13.0 Å². The van der Waals surface area contributed by atoms with Gasteiger partial charge in [0.25, 0.3) is 0 Å². The zero-order valence-corrected chi connectivity index (χ0v) is 10.5. The predicted octanol–water partition coefficient (Wildman–Crippen LogP) is 3.37. The van der Waals surface area contributed by atoms with Crippen molar-refractivity contribution in [2.75, 3.05) is 5.32 Å². The van der Waals surface area contributed by atoms with Crippen molar-refractivity contribution in [2.24, 2.45) is 0 Å². The molecule has 0 amide bonds. The molecular weight excluding hydrogens is 242 g/mol. The van der Waals surface area contributed by atoms with E-state index in [1.54, 1.807) is 6.20 Å². The number of hydrogen-bond acceptors (Lipinski definition) is 4. The molecule has 0 saturated heterocycles. The monoisotopic (exact) mass is 253 g/mol. The van der Waals surface area contributed by atoms with Crippen molar-refractivity contribution in [1.82, 2.24) is 9.97 Å². The Balaban J connectivity index is 1.96. The van der Waals surface area contributed by atoms with E-state index in [2.05, 4.69) is 34.3 Å². The molecule has 84 valence electrons. The molecule has 2 heterocycles. The van der Waals surface area contributed by atoms with Gasteiger partial charge in [0, 0.05) is 9.75 Å². The van der Waals surface area contributed by atoms with Gasteiger partial charge in [-0.25, -0.2) is 4.98 Å². The van der Waals surface area contributed by atoms with Crippen LogP contribution < -0.4 is 5.32 Å². The van der Waals surface area contributed by atoms with Gasteiger partial charge < -0.3 is 5.32 Å². The number of rotatable bonds is 4. The first-order valence-electron chi connectivity index (χ1n) is 5.07. The third-order valence-electron chi connectivity index (χ3n) is 2.11. The molecule has 2 aromatic rings. The Morgan fingerprint density at radius 3 is 2.81 bits per heavy atom. The smallest absolute Gasteiger partial charge is 0.149 e. The van der Waals surface area contributed by atoms with Gasteiger partial charge in [-0.1, -0.05) is 18.5 Å². The summed E-state index contributed by atoms with van der Waals surface area (Å²) in [5, 5.41) is 3.60. The molecule has 2 rings (SSSR count). The Morgan fingerprint density at radius 1 is 1.31 bits per heavy atom. The molecule has 0 aliphatic rings. The number of anilines is 1. The van der Waals surface area contributed by atoms with Gasteiger partial charge in [0.05, 0.1) is 18.9 Å². The topological polar surface area (TPSA) is 37.8 Å². The fourth-order valence-corrected chi connectivity index (χ4v) is 2.36. The summed E-state index contributed by atoms with van der Waals surface area (Å²) in [5.41, 5.74) is 0. The first-order chi connectivity index (χ1) is 7.78. The van der Waals surface area contributed by atoms with E-state index in [9.17, 15) is 0 Å². The summed E-state index contributed by atoms with van der Waals surface area (Å²) in [6, 6.07) is 4.29. The van der Waals surface area contributed by atoms with Crippen LogP contribution in [0.5, 0.6) is 0 Å². The first-order valence-corrected chi connectivity index (χ1v) is 6.26. The molecule has 0 spiro atoms. The van der Waals surface area contributed by atoms with Gasteiger partial charge >= 0.3 is 0 Å². The second-order valence-corrected chi connectivity index (χ2v) is 4.94. The molecule has 16 heavy (non-hydrogen) atoms. The van der Waals surface area contributed by atoms with Crippen LogP contribution >= 0.6 is 22.9 Å². The molecule has 1 N–H and O–H groups in total. The van der Waals surface area contributed by atoms with E-state index in [4.69, 9.17) is 11.6 Å². The fraction of sp³-hybridized carbons (Fsp3) is 0.273. The average molecular weight is 254 g/mol. The third-order valence-corrected chi connectivity index (χ3v) is 3.53. The largest absolute Gasteiger partial charge is 0.364 e. The summed E-state index contributed by atoms with van der Waals surface area (Å²) in [6.45, 7) is 2.92. The molecule has 2 aromatic heterocycles. The van der Waals surface area contributed by atoms with Crippen molar-refractivity contribution in [2.45, 2.75) is 19.9 Å². The van der Waals surface area contributed by atoms with Crippen LogP contribution in [0.25, 0.3) is 0 Å². The van der Waals surface area contributed by atoms with Gasteiger partial charge in [-0.3, -0.25) is 4.98 Å². The fourth-order valence-electron chi connectivity index (χ4n) is 1.31. The van der Waals surface area contributed by atoms with Crippen LogP contribution in [-0.2, 0) is 13.0 Å². The summed E-state index contributed by atoms with van der Waals surface area (Å²) < 4.78 is 0. The van der Waals surface area contributed by atoms with Crippen LogP contribution in [0.4, 0.5) is 5.82 Å². The van der Waals surface area contributed by atoms with E-state index >= 15 is 0 Å². The molecule has 3 nitrogen and oxygen atoms in total. The van der Waals surface area contributed by atoms with Gasteiger partial charge in [0.15, 0.2) is 0 Å². The number of halogens is 1. The minimum Gasteiger partial charge on any atom is -0.364 e. The van der Waals surface area contributed by atoms with Gasteiger partial charge in [0.1, 0.15) is 11.0 Å². The Bertz CT molecular complexity index is 470. The Hall–Kier alpha value is -1.13. The highest BCUT2D eigenvalue weighted by atomic mass is 35.5. The predicted molar refractivity (Wildman–Crippen MR) is 68.1 cm³/mol. The van der Waals surface area contributed by atoms with E-state index in [-0.39, 0.29) is 0 Å². The van der Waals surface area contributed by atoms with Crippen molar-refractivity contribution in [1.29, 1.82) is 0 Å². The zero-order valence-electron chi connectivity index (χ0n) is 8.90. The minimum absolute atomic E-state index is 0.408. The quantitative estimate of drug-likeness (QED) is 0.908. The Labute approximate surface area is 104 Å². The summed E-state index contributed by atoms with van der Waals surface area (Å²) in [7, 11) is 0. The molecule has 0 aromatic carbocycles. The molecule has 0 atom stereocenters. The van der Waals surface area contributed by atoms with Crippen molar-refractivity contribution in [3.63, 3.8) is 0 Å². The second kappa shape index (κ2) is 5.27. The van der Waals surface area contributed by atoms with E-state index in [0.29, 0.717) is 11.0 Å². The maximum atomic E-state index is 5.74. The molecule has 0 bridgehead atoms. The van der Waals surface area contributed by atoms with E-state index < -0.39 is 0 Å². The highest BCUT2D eigenvalue weighted by Crippen LogP contribution is 2.18. The molecule has 0 aliphatic heterocycles. The number of aromatic nitrogens is 2. The SMILES string of the molecule is CCc1ccc(CNc2cncc(Cl)n2)s1. The van der Waals surface area contributed by atoms with Crippen molar-refractivity contribution in [3.05, 3.63) is 39.4 Å². The summed E-state index contributed by atoms with van der Waals surface area (Å²) in [4.78, 5) is 10.8. The molecule has 0 aliphatic carbocycles. The van der Waals surface area contributed by atoms with Crippen LogP contribution in [0.1, 0.15) is 16.7 Å². The standard InChI is InChI=1S/C11H12ClN3S/c1-2-8-3-4-9(16-8)5-14-11-7-13-6-10(12)15-11/h3-4,6-7H,2,5H2,1H3,(H,14,15).